The van der Waals surface area contributed by atoms with Crippen molar-refractivity contribution in [2.24, 2.45) is 0 Å². The molecule has 1 aliphatic heterocycles. The molecule has 0 spiro atoms. The molecule has 0 N–H and O–H groups in total. The van der Waals surface area contributed by atoms with E-state index in [1.54, 1.807) is 12.1 Å². The molecule has 0 amide bonds. The summed E-state index contributed by atoms with van der Waals surface area (Å²) in [6.07, 6.45) is 1.53. The van der Waals surface area contributed by atoms with E-state index in [0.29, 0.717) is 42.7 Å². The molecule has 4 heteroatoms. The SMILES string of the molecule is O=Cc1cc(C=O)cc(OC[C@@H]2CO2)c1. The van der Waals surface area contributed by atoms with Crippen LogP contribution in [-0.2, 0) is 4.74 Å². The highest BCUT2D eigenvalue weighted by molar-refractivity contribution is 5.83. The van der Waals surface area contributed by atoms with Crippen LogP contribution >= 0.6 is 0 Å². The van der Waals surface area contributed by atoms with E-state index in [1.807, 2.05) is 0 Å². The van der Waals surface area contributed by atoms with Crippen molar-refractivity contribution >= 4 is 12.6 Å². The molecular formula is C11H10O4. The molecule has 0 radical (unpaired) electrons. The predicted octanol–water partition coefficient (Wildman–Crippen LogP) is 1.09. The summed E-state index contributed by atoms with van der Waals surface area (Å²) in [6.45, 7) is 1.18. The number of epoxide rings is 1. The zero-order valence-electron chi connectivity index (χ0n) is 8.01. The standard InChI is InChI=1S/C11H10O4/c12-4-8-1-9(5-13)3-10(2-8)14-6-11-7-15-11/h1-5,11H,6-7H2/t11-/m1/s1. The molecule has 1 atom stereocenters. The van der Waals surface area contributed by atoms with Gasteiger partial charge in [-0.1, -0.05) is 0 Å². The summed E-state index contributed by atoms with van der Waals surface area (Å²) < 4.78 is 10.4. The monoisotopic (exact) mass is 206 g/mol. The van der Waals surface area contributed by atoms with E-state index >= 15 is 0 Å². The summed E-state index contributed by atoms with van der Waals surface area (Å²) in [6, 6.07) is 4.71. The van der Waals surface area contributed by atoms with Gasteiger partial charge < -0.3 is 9.47 Å². The van der Waals surface area contributed by atoms with Crippen LogP contribution in [0.4, 0.5) is 0 Å². The largest absolute Gasteiger partial charge is 0.491 e. The quantitative estimate of drug-likeness (QED) is 0.534. The third kappa shape index (κ3) is 2.63. The van der Waals surface area contributed by atoms with Crippen LogP contribution in [0, 0.1) is 0 Å². The lowest BCUT2D eigenvalue weighted by Crippen LogP contribution is -2.04. The second kappa shape index (κ2) is 4.23. The summed E-state index contributed by atoms with van der Waals surface area (Å²) in [5.41, 5.74) is 0.873. The van der Waals surface area contributed by atoms with E-state index in [2.05, 4.69) is 0 Å². The predicted molar refractivity (Wildman–Crippen MR) is 52.5 cm³/mol. The maximum Gasteiger partial charge on any atom is 0.150 e. The molecule has 1 aromatic rings. The van der Waals surface area contributed by atoms with Crippen LogP contribution in [0.5, 0.6) is 5.75 Å². The first kappa shape index (κ1) is 9.86. The van der Waals surface area contributed by atoms with Crippen molar-refractivity contribution in [2.75, 3.05) is 13.2 Å². The molecular weight excluding hydrogens is 196 g/mol. The number of carbonyl (C=O) groups is 2. The lowest BCUT2D eigenvalue weighted by Gasteiger charge is -2.05. The Labute approximate surface area is 86.8 Å². The van der Waals surface area contributed by atoms with Gasteiger partial charge in [-0.05, 0) is 18.2 Å². The second-order valence-electron chi connectivity index (χ2n) is 3.34. The van der Waals surface area contributed by atoms with Crippen LogP contribution in [0.1, 0.15) is 20.7 Å². The normalized spacial score (nSPS) is 18.3. The molecule has 0 aromatic heterocycles. The highest BCUT2D eigenvalue weighted by Crippen LogP contribution is 2.18. The Morgan fingerprint density at radius 2 is 1.87 bits per heavy atom. The molecule has 0 aliphatic carbocycles. The zero-order chi connectivity index (χ0) is 10.7. The van der Waals surface area contributed by atoms with Crippen LogP contribution in [0.2, 0.25) is 0 Å². The van der Waals surface area contributed by atoms with E-state index in [1.165, 1.54) is 6.07 Å². The molecule has 1 saturated heterocycles. The smallest absolute Gasteiger partial charge is 0.150 e. The average Bonchev–Trinajstić information content (AvgIpc) is 3.09. The fraction of sp³-hybridized carbons (Fsp3) is 0.273. The summed E-state index contributed by atoms with van der Waals surface area (Å²) >= 11 is 0. The highest BCUT2D eigenvalue weighted by atomic mass is 16.6. The fourth-order valence-electron chi connectivity index (χ4n) is 1.22. The van der Waals surface area contributed by atoms with E-state index in [4.69, 9.17) is 9.47 Å². The molecule has 4 nitrogen and oxygen atoms in total. The summed E-state index contributed by atoms with van der Waals surface area (Å²) in [5, 5.41) is 0. The Kier molecular flexibility index (Phi) is 2.78. The minimum absolute atomic E-state index is 0.157. The van der Waals surface area contributed by atoms with E-state index in [9.17, 15) is 9.59 Å². The minimum Gasteiger partial charge on any atom is -0.491 e. The third-order valence-electron chi connectivity index (χ3n) is 2.06. The molecule has 15 heavy (non-hydrogen) atoms. The van der Waals surface area contributed by atoms with Gasteiger partial charge in [-0.15, -0.1) is 0 Å². The number of hydrogen-bond donors (Lipinski definition) is 0. The topological polar surface area (TPSA) is 55.9 Å². The van der Waals surface area contributed by atoms with Crippen molar-refractivity contribution in [1.29, 1.82) is 0 Å². The maximum absolute atomic E-state index is 10.6. The van der Waals surface area contributed by atoms with Crippen molar-refractivity contribution in [3.8, 4) is 5.75 Å². The first-order valence-electron chi connectivity index (χ1n) is 4.61. The maximum atomic E-state index is 10.6. The Hall–Kier alpha value is -1.68. The summed E-state index contributed by atoms with van der Waals surface area (Å²) in [7, 11) is 0. The van der Waals surface area contributed by atoms with Crippen LogP contribution in [0.3, 0.4) is 0 Å². The van der Waals surface area contributed by atoms with Crippen molar-refractivity contribution in [1.82, 2.24) is 0 Å². The first-order chi connectivity index (χ1) is 7.31. The van der Waals surface area contributed by atoms with Gasteiger partial charge in [0.15, 0.2) is 0 Å². The van der Waals surface area contributed by atoms with Crippen LogP contribution < -0.4 is 4.74 Å². The molecule has 1 aliphatic rings. The van der Waals surface area contributed by atoms with Crippen molar-refractivity contribution < 1.29 is 19.1 Å². The number of benzene rings is 1. The second-order valence-corrected chi connectivity index (χ2v) is 3.34. The van der Waals surface area contributed by atoms with Gasteiger partial charge in [0, 0.05) is 11.1 Å². The fourth-order valence-corrected chi connectivity index (χ4v) is 1.22. The molecule has 0 unspecified atom stereocenters. The van der Waals surface area contributed by atoms with E-state index in [0.717, 1.165) is 0 Å². The molecule has 0 bridgehead atoms. The van der Waals surface area contributed by atoms with Gasteiger partial charge in [0.05, 0.1) is 6.61 Å². The van der Waals surface area contributed by atoms with Crippen LogP contribution in [0.15, 0.2) is 18.2 Å². The van der Waals surface area contributed by atoms with Gasteiger partial charge in [-0.2, -0.15) is 0 Å². The Balaban J connectivity index is 2.12. The van der Waals surface area contributed by atoms with Gasteiger partial charge in [-0.25, -0.2) is 0 Å². The third-order valence-corrected chi connectivity index (χ3v) is 2.06. The van der Waals surface area contributed by atoms with Gasteiger partial charge in [0.2, 0.25) is 0 Å². The molecule has 1 fully saturated rings. The average molecular weight is 206 g/mol. The van der Waals surface area contributed by atoms with Gasteiger partial charge >= 0.3 is 0 Å². The first-order valence-corrected chi connectivity index (χ1v) is 4.61. The number of ether oxygens (including phenoxy) is 2. The number of aldehydes is 2. The van der Waals surface area contributed by atoms with Crippen LogP contribution in [-0.4, -0.2) is 31.9 Å². The molecule has 1 aromatic carbocycles. The summed E-state index contributed by atoms with van der Waals surface area (Å²) in [4.78, 5) is 21.2. The molecule has 78 valence electrons. The van der Waals surface area contributed by atoms with Gasteiger partial charge in [0.25, 0.3) is 0 Å². The molecule has 1 heterocycles. The number of rotatable bonds is 5. The van der Waals surface area contributed by atoms with Gasteiger partial charge in [0.1, 0.15) is 31.0 Å². The van der Waals surface area contributed by atoms with Crippen molar-refractivity contribution in [2.45, 2.75) is 6.10 Å². The van der Waals surface area contributed by atoms with Crippen LogP contribution in [0.25, 0.3) is 0 Å². The lowest BCUT2D eigenvalue weighted by molar-refractivity contribution is 0.112. The minimum atomic E-state index is 0.157. The van der Waals surface area contributed by atoms with Gasteiger partial charge in [-0.3, -0.25) is 9.59 Å². The molecule has 2 rings (SSSR count). The number of carbonyl (C=O) groups excluding carboxylic acids is 2. The van der Waals surface area contributed by atoms with E-state index < -0.39 is 0 Å². The highest BCUT2D eigenvalue weighted by Gasteiger charge is 2.23. The Morgan fingerprint density at radius 3 is 2.33 bits per heavy atom. The zero-order valence-corrected chi connectivity index (χ0v) is 8.01. The molecule has 0 saturated carbocycles. The van der Waals surface area contributed by atoms with Crippen molar-refractivity contribution in [3.05, 3.63) is 29.3 Å². The van der Waals surface area contributed by atoms with E-state index in [-0.39, 0.29) is 6.10 Å². The van der Waals surface area contributed by atoms with Crippen molar-refractivity contribution in [3.63, 3.8) is 0 Å². The Bertz CT molecular complexity index is 356. The Morgan fingerprint density at radius 1 is 1.27 bits per heavy atom. The summed E-state index contributed by atoms with van der Waals surface area (Å²) in [5.74, 6) is 0.525. The number of hydrogen-bond acceptors (Lipinski definition) is 4. The lowest BCUT2D eigenvalue weighted by atomic mass is 10.1.